The van der Waals surface area contributed by atoms with Crippen molar-refractivity contribution < 1.29 is 18.0 Å². The number of rotatable bonds is 8. The summed E-state index contributed by atoms with van der Waals surface area (Å²) in [5.74, 6) is -0.311. The molecule has 0 aromatic heterocycles. The fourth-order valence-corrected chi connectivity index (χ4v) is 5.22. The summed E-state index contributed by atoms with van der Waals surface area (Å²) >= 11 is 0. The molecule has 1 unspecified atom stereocenters. The Morgan fingerprint density at radius 3 is 2.29 bits per heavy atom. The van der Waals surface area contributed by atoms with Gasteiger partial charge in [0.05, 0.1) is 11.4 Å². The molecule has 0 spiro atoms. The largest absolute Gasteiger partial charge is 0.338 e. The van der Waals surface area contributed by atoms with Crippen molar-refractivity contribution in [2.45, 2.75) is 50.5 Å². The van der Waals surface area contributed by atoms with Crippen LogP contribution in [0.3, 0.4) is 0 Å². The Bertz CT molecular complexity index is 1050. The Labute approximate surface area is 184 Å². The van der Waals surface area contributed by atoms with Crippen molar-refractivity contribution in [1.29, 1.82) is 0 Å². The van der Waals surface area contributed by atoms with Gasteiger partial charge in [-0.05, 0) is 55.9 Å². The van der Waals surface area contributed by atoms with E-state index in [2.05, 4.69) is 12.1 Å². The molecule has 0 heterocycles. The molecule has 0 bridgehead atoms. The number of sulfonamides is 1. The van der Waals surface area contributed by atoms with E-state index in [4.69, 9.17) is 0 Å². The number of ketones is 1. The highest BCUT2D eigenvalue weighted by molar-refractivity contribution is 7.89. The van der Waals surface area contributed by atoms with Gasteiger partial charge in [0.25, 0.3) is 0 Å². The molecule has 1 amide bonds. The molecule has 1 aliphatic carbocycles. The number of hydrogen-bond acceptors (Lipinski definition) is 4. The lowest BCUT2D eigenvalue weighted by Crippen LogP contribution is -2.48. The monoisotopic (exact) mass is 442 g/mol. The van der Waals surface area contributed by atoms with Crippen molar-refractivity contribution >= 4 is 21.7 Å². The van der Waals surface area contributed by atoms with Crippen LogP contribution < -0.4 is 0 Å². The van der Waals surface area contributed by atoms with Gasteiger partial charge in [-0.2, -0.15) is 4.31 Å². The van der Waals surface area contributed by atoms with Crippen LogP contribution >= 0.6 is 0 Å². The second kappa shape index (κ2) is 9.75. The highest BCUT2D eigenvalue weighted by atomic mass is 32.2. The zero-order chi connectivity index (χ0) is 22.6. The lowest BCUT2D eigenvalue weighted by molar-refractivity contribution is -0.133. The van der Waals surface area contributed by atoms with Crippen molar-refractivity contribution in [3.63, 3.8) is 0 Å². The molecule has 1 aliphatic rings. The Balaban J connectivity index is 1.73. The third-order valence-corrected chi connectivity index (χ3v) is 7.69. The van der Waals surface area contributed by atoms with E-state index in [0.717, 1.165) is 30.0 Å². The lowest BCUT2D eigenvalue weighted by Gasteiger charge is -2.36. The average Bonchev–Trinajstić information content (AvgIpc) is 2.77. The molecule has 0 fully saturated rings. The number of amides is 1. The Hall–Kier alpha value is -2.51. The Kier molecular flexibility index (Phi) is 7.28. The number of nitrogens with zero attached hydrogens (tertiary/aromatic N) is 2. The number of Topliss-reactive ketones (excluding diaryl/α,β-unsaturated/α-hetero) is 1. The number of aryl methyl sites for hydroxylation is 1. The first-order valence-electron chi connectivity index (χ1n) is 10.7. The molecule has 31 heavy (non-hydrogen) atoms. The van der Waals surface area contributed by atoms with Gasteiger partial charge in [0.15, 0.2) is 5.78 Å². The number of benzene rings is 2. The minimum Gasteiger partial charge on any atom is -0.338 e. The van der Waals surface area contributed by atoms with Gasteiger partial charge in [-0.3, -0.25) is 9.59 Å². The molecule has 1 atom stereocenters. The van der Waals surface area contributed by atoms with Gasteiger partial charge in [0.1, 0.15) is 0 Å². The fourth-order valence-electron chi connectivity index (χ4n) is 4.10. The molecule has 166 valence electrons. The van der Waals surface area contributed by atoms with E-state index in [1.807, 2.05) is 24.0 Å². The second-order valence-electron chi connectivity index (χ2n) is 8.09. The third kappa shape index (κ3) is 5.22. The molecular formula is C24H30N2O4S. The summed E-state index contributed by atoms with van der Waals surface area (Å²) in [6, 6.07) is 14.2. The predicted molar refractivity (Wildman–Crippen MR) is 121 cm³/mol. The Morgan fingerprint density at radius 1 is 1.03 bits per heavy atom. The summed E-state index contributed by atoms with van der Waals surface area (Å²) < 4.78 is 27.0. The molecule has 6 nitrogen and oxygen atoms in total. The molecule has 0 aliphatic heterocycles. The number of fused-ring (bicyclic) bond motifs is 1. The SMILES string of the molecule is CCCN(C(=O)CN(C)S(=O)(=O)c1ccc(C(C)=O)cc1)C1CCc2ccccc2C1. The first kappa shape index (κ1) is 23.2. The summed E-state index contributed by atoms with van der Waals surface area (Å²) in [7, 11) is -2.41. The van der Waals surface area contributed by atoms with E-state index < -0.39 is 10.0 Å². The maximum absolute atomic E-state index is 13.2. The van der Waals surface area contributed by atoms with Gasteiger partial charge in [0, 0.05) is 25.2 Å². The first-order chi connectivity index (χ1) is 14.7. The van der Waals surface area contributed by atoms with Crippen LogP contribution in [0.4, 0.5) is 0 Å². The third-order valence-electron chi connectivity index (χ3n) is 5.87. The minimum atomic E-state index is -3.83. The van der Waals surface area contributed by atoms with E-state index in [1.54, 1.807) is 0 Å². The predicted octanol–water partition coefficient (Wildman–Crippen LogP) is 3.31. The summed E-state index contributed by atoms with van der Waals surface area (Å²) in [4.78, 5) is 26.5. The summed E-state index contributed by atoms with van der Waals surface area (Å²) in [6.07, 6.45) is 3.41. The number of likely N-dealkylation sites (N-methyl/N-ethyl adjacent to an activating group) is 1. The van der Waals surface area contributed by atoms with Crippen LogP contribution in [0, 0.1) is 0 Å². The first-order valence-corrected chi connectivity index (χ1v) is 12.1. The van der Waals surface area contributed by atoms with Crippen LogP contribution in [0.5, 0.6) is 0 Å². The van der Waals surface area contributed by atoms with Crippen molar-refractivity contribution in [2.24, 2.45) is 0 Å². The number of carbonyl (C=O) groups excluding carboxylic acids is 2. The van der Waals surface area contributed by atoms with Crippen molar-refractivity contribution in [3.05, 3.63) is 65.2 Å². The molecule has 3 rings (SSSR count). The standard InChI is InChI=1S/C24H30N2O4S/c1-4-15-26(22-12-9-20-7-5-6-8-21(20)16-22)24(28)17-25(3)31(29,30)23-13-10-19(11-14-23)18(2)27/h5-8,10-11,13-14,22H,4,9,12,15-17H2,1-3H3. The second-order valence-corrected chi connectivity index (χ2v) is 10.1. The number of carbonyl (C=O) groups is 2. The summed E-state index contributed by atoms with van der Waals surface area (Å²) in [5.41, 5.74) is 3.04. The average molecular weight is 443 g/mol. The molecule has 2 aromatic carbocycles. The maximum Gasteiger partial charge on any atom is 0.243 e. The highest BCUT2D eigenvalue weighted by Gasteiger charge is 2.30. The zero-order valence-electron chi connectivity index (χ0n) is 18.4. The molecule has 0 saturated carbocycles. The topological polar surface area (TPSA) is 74.8 Å². The van der Waals surface area contributed by atoms with Crippen LogP contribution in [0.15, 0.2) is 53.4 Å². The van der Waals surface area contributed by atoms with Crippen LogP contribution in [-0.2, 0) is 27.7 Å². The van der Waals surface area contributed by atoms with Crippen molar-refractivity contribution in [3.8, 4) is 0 Å². The van der Waals surface area contributed by atoms with E-state index in [1.165, 1.54) is 49.4 Å². The molecule has 2 aromatic rings. The van der Waals surface area contributed by atoms with Gasteiger partial charge in [-0.1, -0.05) is 43.3 Å². The van der Waals surface area contributed by atoms with Crippen LogP contribution in [0.1, 0.15) is 48.2 Å². The van der Waals surface area contributed by atoms with Gasteiger partial charge in [0.2, 0.25) is 15.9 Å². The normalized spacial score (nSPS) is 16.1. The van der Waals surface area contributed by atoms with E-state index in [-0.39, 0.29) is 29.2 Å². The minimum absolute atomic E-state index is 0.0708. The smallest absolute Gasteiger partial charge is 0.243 e. The summed E-state index contributed by atoms with van der Waals surface area (Å²) in [6.45, 7) is 3.84. The molecule has 0 saturated heterocycles. The van der Waals surface area contributed by atoms with Crippen LogP contribution in [0.25, 0.3) is 0 Å². The van der Waals surface area contributed by atoms with Crippen LogP contribution in [-0.4, -0.2) is 55.5 Å². The van der Waals surface area contributed by atoms with Gasteiger partial charge in [-0.15, -0.1) is 0 Å². The maximum atomic E-state index is 13.2. The van der Waals surface area contributed by atoms with E-state index in [0.29, 0.717) is 12.1 Å². The van der Waals surface area contributed by atoms with Gasteiger partial charge in [-0.25, -0.2) is 8.42 Å². The van der Waals surface area contributed by atoms with Crippen LogP contribution in [0.2, 0.25) is 0 Å². The van der Waals surface area contributed by atoms with Crippen molar-refractivity contribution in [1.82, 2.24) is 9.21 Å². The van der Waals surface area contributed by atoms with Gasteiger partial charge >= 0.3 is 0 Å². The fraction of sp³-hybridized carbons (Fsp3) is 0.417. The highest BCUT2D eigenvalue weighted by Crippen LogP contribution is 2.25. The van der Waals surface area contributed by atoms with E-state index >= 15 is 0 Å². The quantitative estimate of drug-likeness (QED) is 0.588. The summed E-state index contributed by atoms with van der Waals surface area (Å²) in [5, 5.41) is 0. The number of hydrogen-bond donors (Lipinski definition) is 0. The molecule has 0 N–H and O–H groups in total. The van der Waals surface area contributed by atoms with Crippen molar-refractivity contribution in [2.75, 3.05) is 20.1 Å². The molecule has 7 heteroatoms. The van der Waals surface area contributed by atoms with Gasteiger partial charge < -0.3 is 4.90 Å². The molecular weight excluding hydrogens is 412 g/mol. The Morgan fingerprint density at radius 2 is 1.68 bits per heavy atom. The van der Waals surface area contributed by atoms with E-state index in [9.17, 15) is 18.0 Å². The zero-order valence-corrected chi connectivity index (χ0v) is 19.2. The molecule has 0 radical (unpaired) electrons. The lowest BCUT2D eigenvalue weighted by atomic mass is 9.87.